The van der Waals surface area contributed by atoms with Gasteiger partial charge in [-0.05, 0) is 37.4 Å². The maximum absolute atomic E-state index is 11.6. The summed E-state index contributed by atoms with van der Waals surface area (Å²) in [6.07, 6.45) is 1.31. The molecule has 2 aromatic rings. The van der Waals surface area contributed by atoms with E-state index in [1.54, 1.807) is 13.2 Å². The first kappa shape index (κ1) is 16.7. The molecule has 0 atom stereocenters. The van der Waals surface area contributed by atoms with Crippen LogP contribution in [0.25, 0.3) is 0 Å². The van der Waals surface area contributed by atoms with Crippen LogP contribution in [0.5, 0.6) is 5.75 Å². The lowest BCUT2D eigenvalue weighted by atomic mass is 10.2. The van der Waals surface area contributed by atoms with E-state index in [1.807, 2.05) is 18.2 Å². The Labute approximate surface area is 138 Å². The summed E-state index contributed by atoms with van der Waals surface area (Å²) in [4.78, 5) is 4.23. The minimum absolute atomic E-state index is 0.126. The molecule has 0 unspecified atom stereocenters. The van der Waals surface area contributed by atoms with Crippen LogP contribution in [0.2, 0.25) is 0 Å². The summed E-state index contributed by atoms with van der Waals surface area (Å²) in [7, 11) is -0.489. The third-order valence-electron chi connectivity index (χ3n) is 3.02. The standard InChI is InChI=1S/C14H16BrN3O3S/c1-16-22(19,20)12-4-6-14(18-9-12)17-8-10-7-11(15)3-5-13(10)21-2/h3-7,9,16H,8H2,1-2H3,(H,17,18). The van der Waals surface area contributed by atoms with Crippen LogP contribution >= 0.6 is 15.9 Å². The van der Waals surface area contributed by atoms with E-state index in [0.717, 1.165) is 15.8 Å². The highest BCUT2D eigenvalue weighted by atomic mass is 79.9. The monoisotopic (exact) mass is 385 g/mol. The minimum Gasteiger partial charge on any atom is -0.496 e. The molecular formula is C14H16BrN3O3S. The predicted molar refractivity (Wildman–Crippen MR) is 88.5 cm³/mol. The Kier molecular flexibility index (Phi) is 5.38. The first-order chi connectivity index (χ1) is 10.5. The van der Waals surface area contributed by atoms with Crippen LogP contribution in [-0.4, -0.2) is 27.6 Å². The Morgan fingerprint density at radius 3 is 2.64 bits per heavy atom. The molecule has 6 nitrogen and oxygen atoms in total. The molecule has 0 saturated carbocycles. The largest absolute Gasteiger partial charge is 0.496 e. The summed E-state index contributed by atoms with van der Waals surface area (Å²) < 4.78 is 31.7. The van der Waals surface area contributed by atoms with Gasteiger partial charge in [-0.3, -0.25) is 0 Å². The van der Waals surface area contributed by atoms with Crippen molar-refractivity contribution in [1.82, 2.24) is 9.71 Å². The Hall–Kier alpha value is -1.64. The predicted octanol–water partition coefficient (Wildman–Crippen LogP) is 2.37. The van der Waals surface area contributed by atoms with E-state index in [0.29, 0.717) is 12.4 Å². The molecule has 0 radical (unpaired) electrons. The number of aromatic nitrogens is 1. The average molecular weight is 386 g/mol. The van der Waals surface area contributed by atoms with Gasteiger partial charge in [-0.2, -0.15) is 0 Å². The smallest absolute Gasteiger partial charge is 0.241 e. The zero-order valence-corrected chi connectivity index (χ0v) is 14.5. The van der Waals surface area contributed by atoms with Crippen LogP contribution in [0.15, 0.2) is 45.9 Å². The highest BCUT2D eigenvalue weighted by Gasteiger charge is 2.11. The highest BCUT2D eigenvalue weighted by Crippen LogP contribution is 2.23. The van der Waals surface area contributed by atoms with Gasteiger partial charge in [0.2, 0.25) is 10.0 Å². The third-order valence-corrected chi connectivity index (χ3v) is 4.91. The van der Waals surface area contributed by atoms with Gasteiger partial charge in [0.1, 0.15) is 16.5 Å². The Morgan fingerprint density at radius 2 is 2.05 bits per heavy atom. The van der Waals surface area contributed by atoms with Gasteiger partial charge in [-0.15, -0.1) is 0 Å². The van der Waals surface area contributed by atoms with E-state index < -0.39 is 10.0 Å². The molecule has 0 bridgehead atoms. The molecule has 1 aromatic carbocycles. The second-order valence-corrected chi connectivity index (χ2v) is 7.20. The molecule has 0 amide bonds. The van der Waals surface area contributed by atoms with Gasteiger partial charge >= 0.3 is 0 Å². The second-order valence-electron chi connectivity index (χ2n) is 4.40. The SMILES string of the molecule is CNS(=O)(=O)c1ccc(NCc2cc(Br)ccc2OC)nc1. The van der Waals surface area contributed by atoms with E-state index in [9.17, 15) is 8.42 Å². The van der Waals surface area contributed by atoms with Crippen molar-refractivity contribution in [3.05, 3.63) is 46.6 Å². The maximum Gasteiger partial charge on any atom is 0.241 e. The zero-order chi connectivity index (χ0) is 16.2. The Balaban J connectivity index is 2.11. The number of nitrogens with zero attached hydrogens (tertiary/aromatic N) is 1. The van der Waals surface area contributed by atoms with Gasteiger partial charge in [0, 0.05) is 22.8 Å². The highest BCUT2D eigenvalue weighted by molar-refractivity contribution is 9.10. The number of ether oxygens (including phenoxy) is 1. The van der Waals surface area contributed by atoms with Crippen molar-refractivity contribution in [3.63, 3.8) is 0 Å². The van der Waals surface area contributed by atoms with Crippen molar-refractivity contribution in [3.8, 4) is 5.75 Å². The van der Waals surface area contributed by atoms with Gasteiger partial charge in [0.25, 0.3) is 0 Å². The third kappa shape index (κ3) is 3.96. The molecule has 0 fully saturated rings. The first-order valence-electron chi connectivity index (χ1n) is 6.42. The summed E-state index contributed by atoms with van der Waals surface area (Å²) in [5, 5.41) is 3.13. The van der Waals surface area contributed by atoms with Crippen molar-refractivity contribution in [2.45, 2.75) is 11.4 Å². The molecule has 2 rings (SSSR count). The van der Waals surface area contributed by atoms with Crippen LogP contribution in [0.3, 0.4) is 0 Å². The topological polar surface area (TPSA) is 80.3 Å². The lowest BCUT2D eigenvalue weighted by Crippen LogP contribution is -2.18. The molecule has 22 heavy (non-hydrogen) atoms. The summed E-state index contributed by atoms with van der Waals surface area (Å²) in [5.41, 5.74) is 0.964. The number of benzene rings is 1. The fourth-order valence-electron chi connectivity index (χ4n) is 1.83. The van der Waals surface area contributed by atoms with Gasteiger partial charge in [-0.25, -0.2) is 18.1 Å². The molecule has 0 aliphatic carbocycles. The van der Waals surface area contributed by atoms with Crippen molar-refractivity contribution < 1.29 is 13.2 Å². The van der Waals surface area contributed by atoms with E-state index in [1.165, 1.54) is 19.3 Å². The number of sulfonamides is 1. The summed E-state index contributed by atoms with van der Waals surface area (Å²) in [6, 6.07) is 8.84. The number of nitrogens with one attached hydrogen (secondary N) is 2. The van der Waals surface area contributed by atoms with E-state index in [-0.39, 0.29) is 4.90 Å². The van der Waals surface area contributed by atoms with Crippen LogP contribution in [0.1, 0.15) is 5.56 Å². The second kappa shape index (κ2) is 7.08. The average Bonchev–Trinajstić information content (AvgIpc) is 2.53. The molecule has 8 heteroatoms. The number of pyridine rings is 1. The molecule has 1 heterocycles. The Bertz CT molecular complexity index is 748. The van der Waals surface area contributed by atoms with Crippen molar-refractivity contribution in [2.24, 2.45) is 0 Å². The summed E-state index contributed by atoms with van der Waals surface area (Å²) in [5.74, 6) is 1.35. The maximum atomic E-state index is 11.6. The fraction of sp³-hybridized carbons (Fsp3) is 0.214. The number of rotatable bonds is 6. The van der Waals surface area contributed by atoms with E-state index >= 15 is 0 Å². The van der Waals surface area contributed by atoms with Gasteiger partial charge in [0.05, 0.1) is 7.11 Å². The lowest BCUT2D eigenvalue weighted by Gasteiger charge is -2.11. The number of hydrogen-bond donors (Lipinski definition) is 2. The van der Waals surface area contributed by atoms with Crippen LogP contribution in [0.4, 0.5) is 5.82 Å². The molecular weight excluding hydrogens is 370 g/mol. The van der Waals surface area contributed by atoms with Crippen LogP contribution < -0.4 is 14.8 Å². The Morgan fingerprint density at radius 1 is 1.27 bits per heavy atom. The van der Waals surface area contributed by atoms with Crippen molar-refractivity contribution in [2.75, 3.05) is 19.5 Å². The lowest BCUT2D eigenvalue weighted by molar-refractivity contribution is 0.410. The van der Waals surface area contributed by atoms with Crippen LogP contribution in [-0.2, 0) is 16.6 Å². The quantitative estimate of drug-likeness (QED) is 0.797. The molecule has 2 N–H and O–H groups in total. The van der Waals surface area contributed by atoms with Crippen LogP contribution in [0, 0.1) is 0 Å². The van der Waals surface area contributed by atoms with Gasteiger partial charge in [-0.1, -0.05) is 15.9 Å². The van der Waals surface area contributed by atoms with Gasteiger partial charge < -0.3 is 10.1 Å². The van der Waals surface area contributed by atoms with Crippen molar-refractivity contribution in [1.29, 1.82) is 0 Å². The van der Waals surface area contributed by atoms with E-state index in [2.05, 4.69) is 31.0 Å². The molecule has 118 valence electrons. The number of methoxy groups -OCH3 is 1. The summed E-state index contributed by atoms with van der Waals surface area (Å²) in [6.45, 7) is 0.508. The molecule has 0 saturated heterocycles. The molecule has 0 spiro atoms. The van der Waals surface area contributed by atoms with Crippen molar-refractivity contribution >= 4 is 31.8 Å². The molecule has 0 aliphatic heterocycles. The van der Waals surface area contributed by atoms with Gasteiger partial charge in [0.15, 0.2) is 0 Å². The normalized spacial score (nSPS) is 11.2. The zero-order valence-electron chi connectivity index (χ0n) is 12.1. The summed E-state index contributed by atoms with van der Waals surface area (Å²) >= 11 is 3.42. The first-order valence-corrected chi connectivity index (χ1v) is 8.70. The fourth-order valence-corrected chi connectivity index (χ4v) is 2.92. The number of hydrogen-bond acceptors (Lipinski definition) is 5. The molecule has 0 aliphatic rings. The van der Waals surface area contributed by atoms with E-state index in [4.69, 9.17) is 4.74 Å². The number of halogens is 1. The molecule has 1 aromatic heterocycles. The number of anilines is 1. The minimum atomic E-state index is -3.46.